The quantitative estimate of drug-likeness (QED) is 0.671. The molecule has 1 heterocycles. The minimum Gasteiger partial charge on any atom is -0.353 e. The lowest BCUT2D eigenvalue weighted by atomic mass is 9.96. The van der Waals surface area contributed by atoms with Crippen LogP contribution in [0.25, 0.3) is 0 Å². The maximum atomic E-state index is 11.4. The molecule has 1 fully saturated rings. The van der Waals surface area contributed by atoms with Crippen molar-refractivity contribution in [3.63, 3.8) is 0 Å². The minimum atomic E-state index is -0.394. The van der Waals surface area contributed by atoms with Gasteiger partial charge < -0.3 is 5.32 Å². The Morgan fingerprint density at radius 2 is 2.14 bits per heavy atom. The van der Waals surface area contributed by atoms with Gasteiger partial charge in [-0.2, -0.15) is 0 Å². The molecule has 0 radical (unpaired) electrons. The fourth-order valence-electron chi connectivity index (χ4n) is 1.88. The first kappa shape index (κ1) is 11.5. The maximum Gasteiger partial charge on any atom is 0.239 e. The van der Waals surface area contributed by atoms with E-state index in [0.717, 1.165) is 13.0 Å². The van der Waals surface area contributed by atoms with Crippen molar-refractivity contribution in [3.8, 4) is 0 Å². The van der Waals surface area contributed by atoms with E-state index < -0.39 is 5.54 Å². The summed E-state index contributed by atoms with van der Waals surface area (Å²) in [5.74, 6) is 0.115. The molecule has 1 aliphatic heterocycles. The van der Waals surface area contributed by atoms with Crippen LogP contribution >= 0.6 is 0 Å². The van der Waals surface area contributed by atoms with Gasteiger partial charge in [-0.3, -0.25) is 10.1 Å². The molecule has 1 atom stereocenters. The van der Waals surface area contributed by atoms with E-state index in [4.69, 9.17) is 0 Å². The first-order valence-electron chi connectivity index (χ1n) is 5.62. The summed E-state index contributed by atoms with van der Waals surface area (Å²) >= 11 is 0. The predicted molar refractivity (Wildman–Crippen MR) is 58.2 cm³/mol. The van der Waals surface area contributed by atoms with Gasteiger partial charge in [-0.1, -0.05) is 26.2 Å². The zero-order valence-corrected chi connectivity index (χ0v) is 9.52. The predicted octanol–water partition coefficient (Wildman–Crippen LogP) is 1.43. The monoisotopic (exact) mass is 198 g/mol. The number of nitrogens with one attached hydrogen (secondary N) is 2. The molecule has 0 spiro atoms. The maximum absolute atomic E-state index is 11.4. The first-order chi connectivity index (χ1) is 6.56. The molecule has 0 aromatic carbocycles. The molecule has 3 nitrogen and oxygen atoms in total. The molecule has 0 aromatic heterocycles. The van der Waals surface area contributed by atoms with Crippen molar-refractivity contribution in [3.05, 3.63) is 0 Å². The van der Waals surface area contributed by atoms with Gasteiger partial charge in [0.2, 0.25) is 5.91 Å². The van der Waals surface area contributed by atoms with E-state index in [1.165, 1.54) is 19.3 Å². The van der Waals surface area contributed by atoms with Gasteiger partial charge in [-0.15, -0.1) is 0 Å². The van der Waals surface area contributed by atoms with Gasteiger partial charge in [0.15, 0.2) is 0 Å². The number of piperazine rings is 1. The highest BCUT2D eigenvalue weighted by Crippen LogP contribution is 2.12. The van der Waals surface area contributed by atoms with Crippen LogP contribution in [0.1, 0.15) is 46.5 Å². The SMILES string of the molecule is CCCCC[C@@H]1CNC(=O)C(C)(C)N1. The standard InChI is InChI=1S/C11H22N2O/c1-4-5-6-7-9-8-12-10(14)11(2,3)13-9/h9,13H,4-8H2,1-3H3,(H,12,14)/t9-/m1/s1. The normalized spacial score (nSPS) is 25.9. The van der Waals surface area contributed by atoms with E-state index in [-0.39, 0.29) is 5.91 Å². The molecular weight excluding hydrogens is 176 g/mol. The van der Waals surface area contributed by atoms with Crippen molar-refractivity contribution >= 4 is 5.91 Å². The number of hydrogen-bond acceptors (Lipinski definition) is 2. The molecule has 0 aromatic rings. The Kier molecular flexibility index (Phi) is 3.93. The van der Waals surface area contributed by atoms with Crippen LogP contribution in [0.5, 0.6) is 0 Å². The third-order valence-electron chi connectivity index (χ3n) is 2.80. The summed E-state index contributed by atoms with van der Waals surface area (Å²) in [5, 5.41) is 6.34. The zero-order valence-electron chi connectivity index (χ0n) is 9.52. The van der Waals surface area contributed by atoms with Gasteiger partial charge in [-0.25, -0.2) is 0 Å². The summed E-state index contributed by atoms with van der Waals surface area (Å²) in [4.78, 5) is 11.4. The van der Waals surface area contributed by atoms with Crippen molar-refractivity contribution in [2.24, 2.45) is 0 Å². The van der Waals surface area contributed by atoms with E-state index in [9.17, 15) is 4.79 Å². The van der Waals surface area contributed by atoms with Gasteiger partial charge in [0.05, 0.1) is 5.54 Å². The lowest BCUT2D eigenvalue weighted by Crippen LogP contribution is -2.64. The zero-order chi connectivity index (χ0) is 10.6. The Bertz CT molecular complexity index is 201. The number of hydrogen-bond donors (Lipinski definition) is 2. The molecule has 2 N–H and O–H groups in total. The van der Waals surface area contributed by atoms with Crippen LogP contribution in [0.15, 0.2) is 0 Å². The number of amides is 1. The first-order valence-corrected chi connectivity index (χ1v) is 5.62. The number of carbonyl (C=O) groups excluding carboxylic acids is 1. The van der Waals surface area contributed by atoms with Gasteiger partial charge in [0, 0.05) is 12.6 Å². The van der Waals surface area contributed by atoms with Gasteiger partial charge in [0.25, 0.3) is 0 Å². The van der Waals surface area contributed by atoms with Crippen LogP contribution < -0.4 is 10.6 Å². The van der Waals surface area contributed by atoms with Crippen LogP contribution in [-0.4, -0.2) is 24.0 Å². The van der Waals surface area contributed by atoms with E-state index in [1.54, 1.807) is 0 Å². The second-order valence-corrected chi connectivity index (χ2v) is 4.67. The summed E-state index contributed by atoms with van der Waals surface area (Å²) in [6, 6.07) is 0.453. The molecule has 0 aliphatic carbocycles. The van der Waals surface area contributed by atoms with Gasteiger partial charge >= 0.3 is 0 Å². The fourth-order valence-corrected chi connectivity index (χ4v) is 1.88. The molecular formula is C11H22N2O. The average molecular weight is 198 g/mol. The highest BCUT2D eigenvalue weighted by Gasteiger charge is 2.33. The number of rotatable bonds is 4. The molecule has 0 bridgehead atoms. The third kappa shape index (κ3) is 2.98. The summed E-state index contributed by atoms with van der Waals surface area (Å²) in [5.41, 5.74) is -0.394. The Morgan fingerprint density at radius 1 is 1.43 bits per heavy atom. The van der Waals surface area contributed by atoms with Gasteiger partial charge in [-0.05, 0) is 20.3 Å². The highest BCUT2D eigenvalue weighted by molar-refractivity contribution is 5.86. The smallest absolute Gasteiger partial charge is 0.239 e. The Morgan fingerprint density at radius 3 is 2.71 bits per heavy atom. The molecule has 82 valence electrons. The Balaban J connectivity index is 2.32. The molecule has 0 unspecified atom stereocenters. The number of unbranched alkanes of at least 4 members (excludes halogenated alkanes) is 2. The van der Waals surface area contributed by atoms with Crippen molar-refractivity contribution < 1.29 is 4.79 Å². The largest absolute Gasteiger partial charge is 0.353 e. The fraction of sp³-hybridized carbons (Fsp3) is 0.909. The van der Waals surface area contributed by atoms with Crippen LogP contribution in [0.4, 0.5) is 0 Å². The Labute approximate surface area is 86.6 Å². The molecule has 1 saturated heterocycles. The van der Waals surface area contributed by atoms with E-state index >= 15 is 0 Å². The summed E-state index contributed by atoms with van der Waals surface area (Å²) < 4.78 is 0. The van der Waals surface area contributed by atoms with E-state index in [2.05, 4.69) is 17.6 Å². The van der Waals surface area contributed by atoms with Crippen molar-refractivity contribution in [2.75, 3.05) is 6.54 Å². The van der Waals surface area contributed by atoms with Crippen LogP contribution in [-0.2, 0) is 4.79 Å². The molecule has 1 rings (SSSR count). The molecule has 1 amide bonds. The van der Waals surface area contributed by atoms with Crippen molar-refractivity contribution in [1.82, 2.24) is 10.6 Å². The molecule has 1 aliphatic rings. The van der Waals surface area contributed by atoms with E-state index in [0.29, 0.717) is 6.04 Å². The summed E-state index contributed by atoms with van der Waals surface area (Å²) in [6.07, 6.45) is 4.95. The van der Waals surface area contributed by atoms with Crippen LogP contribution in [0.3, 0.4) is 0 Å². The van der Waals surface area contributed by atoms with Crippen molar-refractivity contribution in [2.45, 2.75) is 58.0 Å². The summed E-state index contributed by atoms with van der Waals surface area (Å²) in [6.45, 7) is 6.87. The van der Waals surface area contributed by atoms with Gasteiger partial charge in [0.1, 0.15) is 0 Å². The second-order valence-electron chi connectivity index (χ2n) is 4.67. The molecule has 0 saturated carbocycles. The Hall–Kier alpha value is -0.570. The van der Waals surface area contributed by atoms with Crippen molar-refractivity contribution in [1.29, 1.82) is 0 Å². The lowest BCUT2D eigenvalue weighted by molar-refractivity contribution is -0.128. The second kappa shape index (κ2) is 4.78. The minimum absolute atomic E-state index is 0.115. The number of carbonyl (C=O) groups is 1. The molecule has 14 heavy (non-hydrogen) atoms. The summed E-state index contributed by atoms with van der Waals surface area (Å²) in [7, 11) is 0. The third-order valence-corrected chi connectivity index (χ3v) is 2.80. The van der Waals surface area contributed by atoms with Crippen LogP contribution in [0.2, 0.25) is 0 Å². The molecule has 3 heteroatoms. The highest BCUT2D eigenvalue weighted by atomic mass is 16.2. The lowest BCUT2D eigenvalue weighted by Gasteiger charge is -2.36. The van der Waals surface area contributed by atoms with Crippen LogP contribution in [0, 0.1) is 0 Å². The topological polar surface area (TPSA) is 41.1 Å². The van der Waals surface area contributed by atoms with E-state index in [1.807, 2.05) is 13.8 Å². The average Bonchev–Trinajstić information content (AvgIpc) is 2.11.